The van der Waals surface area contributed by atoms with Gasteiger partial charge in [-0.05, 0) is 54.6 Å². The number of carbonyl (C=O) groups is 1. The van der Waals surface area contributed by atoms with Crippen molar-refractivity contribution in [1.29, 1.82) is 0 Å². The second-order valence-corrected chi connectivity index (χ2v) is 6.03. The number of nitrogens with zero attached hydrogens (tertiary/aromatic N) is 1. The summed E-state index contributed by atoms with van der Waals surface area (Å²) in [5.41, 5.74) is 6.79. The molecule has 4 heteroatoms. The summed E-state index contributed by atoms with van der Waals surface area (Å²) in [6, 6.07) is 2.49. The van der Waals surface area contributed by atoms with Gasteiger partial charge in [0.05, 0.1) is 6.04 Å². The molecule has 0 aliphatic carbocycles. The van der Waals surface area contributed by atoms with E-state index in [2.05, 4.69) is 21.7 Å². The number of unbranched alkanes of at least 4 members (excludes halogenated alkanes) is 3. The summed E-state index contributed by atoms with van der Waals surface area (Å²) in [7, 11) is 0. The predicted molar refractivity (Wildman–Crippen MR) is 80.1 cm³/mol. The number of likely N-dealkylation sites (tertiary alicyclic amines) is 1. The maximum absolute atomic E-state index is 12.3. The zero-order valence-electron chi connectivity index (χ0n) is 11.5. The quantitative estimate of drug-likeness (QED) is 0.779. The van der Waals surface area contributed by atoms with E-state index in [0.29, 0.717) is 18.4 Å². The van der Waals surface area contributed by atoms with Crippen molar-refractivity contribution in [2.75, 3.05) is 13.1 Å². The minimum absolute atomic E-state index is 0.335. The Labute approximate surface area is 119 Å². The molecule has 1 fully saturated rings. The average molecular weight is 280 g/mol. The summed E-state index contributed by atoms with van der Waals surface area (Å²) in [6.07, 6.45) is 7.32. The average Bonchev–Trinajstić information content (AvgIpc) is 3.08. The third-order valence-electron chi connectivity index (χ3n) is 3.85. The van der Waals surface area contributed by atoms with Crippen LogP contribution in [-0.2, 0) is 4.79 Å². The summed E-state index contributed by atoms with van der Waals surface area (Å²) in [5, 5.41) is 4.28. The van der Waals surface area contributed by atoms with Crippen LogP contribution in [0.4, 0.5) is 0 Å². The first-order valence-corrected chi connectivity index (χ1v) is 8.29. The standard InChI is InChI=1S/C15H24N2OS/c16-9-4-2-1-3-7-15(18)17-10-5-6-14(17)13-8-11-19-12-13/h8,11-12,14H,1-7,9-10,16H2. The van der Waals surface area contributed by atoms with Crippen LogP contribution >= 0.6 is 11.3 Å². The Morgan fingerprint density at radius 2 is 2.21 bits per heavy atom. The zero-order chi connectivity index (χ0) is 13.5. The highest BCUT2D eigenvalue weighted by Gasteiger charge is 2.29. The second kappa shape index (κ2) is 7.65. The molecule has 1 aromatic rings. The van der Waals surface area contributed by atoms with Gasteiger partial charge in [0.1, 0.15) is 0 Å². The van der Waals surface area contributed by atoms with E-state index in [4.69, 9.17) is 5.73 Å². The first kappa shape index (κ1) is 14.5. The van der Waals surface area contributed by atoms with Crippen molar-refractivity contribution in [3.63, 3.8) is 0 Å². The van der Waals surface area contributed by atoms with Gasteiger partial charge < -0.3 is 10.6 Å². The molecule has 0 saturated carbocycles. The SMILES string of the molecule is NCCCCCCC(=O)N1CCCC1c1ccsc1. The normalized spacial score (nSPS) is 19.0. The van der Waals surface area contributed by atoms with E-state index in [9.17, 15) is 4.79 Å². The molecule has 19 heavy (non-hydrogen) atoms. The number of thiophene rings is 1. The van der Waals surface area contributed by atoms with Gasteiger partial charge >= 0.3 is 0 Å². The molecule has 106 valence electrons. The van der Waals surface area contributed by atoms with E-state index < -0.39 is 0 Å². The van der Waals surface area contributed by atoms with E-state index in [1.165, 1.54) is 5.56 Å². The molecule has 1 unspecified atom stereocenters. The molecule has 2 rings (SSSR count). The van der Waals surface area contributed by atoms with E-state index in [-0.39, 0.29) is 0 Å². The van der Waals surface area contributed by atoms with Crippen LogP contribution in [0.2, 0.25) is 0 Å². The number of nitrogens with two attached hydrogens (primary N) is 1. The number of amides is 1. The molecule has 1 amide bonds. The monoisotopic (exact) mass is 280 g/mol. The van der Waals surface area contributed by atoms with E-state index in [0.717, 1.165) is 51.6 Å². The Morgan fingerprint density at radius 1 is 1.37 bits per heavy atom. The van der Waals surface area contributed by atoms with Gasteiger partial charge in [-0.25, -0.2) is 0 Å². The Balaban J connectivity index is 1.78. The lowest BCUT2D eigenvalue weighted by Gasteiger charge is -2.24. The van der Waals surface area contributed by atoms with Crippen LogP contribution in [0.25, 0.3) is 0 Å². The zero-order valence-corrected chi connectivity index (χ0v) is 12.3. The molecule has 1 aliphatic rings. The molecule has 1 aliphatic heterocycles. The van der Waals surface area contributed by atoms with Gasteiger partial charge in [-0.2, -0.15) is 11.3 Å². The summed E-state index contributed by atoms with van der Waals surface area (Å²) in [4.78, 5) is 14.4. The minimum atomic E-state index is 0.335. The number of carbonyl (C=O) groups excluding carboxylic acids is 1. The topological polar surface area (TPSA) is 46.3 Å². The molecular weight excluding hydrogens is 256 g/mol. The van der Waals surface area contributed by atoms with E-state index >= 15 is 0 Å². The Morgan fingerprint density at radius 3 is 2.95 bits per heavy atom. The largest absolute Gasteiger partial charge is 0.336 e. The lowest BCUT2D eigenvalue weighted by Crippen LogP contribution is -2.30. The van der Waals surface area contributed by atoms with Crippen LogP contribution in [0.15, 0.2) is 16.8 Å². The van der Waals surface area contributed by atoms with Crippen molar-refractivity contribution >= 4 is 17.2 Å². The van der Waals surface area contributed by atoms with Crippen molar-refractivity contribution in [3.8, 4) is 0 Å². The van der Waals surface area contributed by atoms with Gasteiger partial charge in [0, 0.05) is 13.0 Å². The van der Waals surface area contributed by atoms with Crippen LogP contribution < -0.4 is 5.73 Å². The Kier molecular flexibility index (Phi) is 5.86. The van der Waals surface area contributed by atoms with Gasteiger partial charge in [-0.15, -0.1) is 0 Å². The van der Waals surface area contributed by atoms with Crippen LogP contribution in [0, 0.1) is 0 Å². The highest BCUT2D eigenvalue weighted by atomic mass is 32.1. The van der Waals surface area contributed by atoms with Crippen molar-refractivity contribution in [2.45, 2.75) is 51.0 Å². The molecule has 3 nitrogen and oxygen atoms in total. The predicted octanol–water partition coefficient (Wildman–Crippen LogP) is 3.32. The number of rotatable bonds is 7. The lowest BCUT2D eigenvalue weighted by molar-refractivity contribution is -0.132. The van der Waals surface area contributed by atoms with E-state index in [1.54, 1.807) is 11.3 Å². The maximum Gasteiger partial charge on any atom is 0.223 e. The molecular formula is C15H24N2OS. The van der Waals surface area contributed by atoms with Gasteiger partial charge in [-0.1, -0.05) is 12.8 Å². The third-order valence-corrected chi connectivity index (χ3v) is 4.55. The Bertz CT molecular complexity index is 378. The molecule has 0 bridgehead atoms. The van der Waals surface area contributed by atoms with Crippen LogP contribution in [0.3, 0.4) is 0 Å². The maximum atomic E-state index is 12.3. The fourth-order valence-electron chi connectivity index (χ4n) is 2.79. The van der Waals surface area contributed by atoms with E-state index in [1.807, 2.05) is 0 Å². The highest BCUT2D eigenvalue weighted by molar-refractivity contribution is 7.07. The fourth-order valence-corrected chi connectivity index (χ4v) is 3.50. The van der Waals surface area contributed by atoms with Crippen LogP contribution in [-0.4, -0.2) is 23.9 Å². The lowest BCUT2D eigenvalue weighted by atomic mass is 10.1. The van der Waals surface area contributed by atoms with Crippen molar-refractivity contribution in [1.82, 2.24) is 4.90 Å². The summed E-state index contributed by atoms with van der Waals surface area (Å²) >= 11 is 1.72. The molecule has 0 spiro atoms. The summed E-state index contributed by atoms with van der Waals surface area (Å²) in [6.45, 7) is 1.70. The molecule has 0 aromatic carbocycles. The molecule has 0 radical (unpaired) electrons. The third kappa shape index (κ3) is 4.05. The van der Waals surface area contributed by atoms with Gasteiger partial charge in [0.25, 0.3) is 0 Å². The molecule has 1 atom stereocenters. The molecule has 2 heterocycles. The van der Waals surface area contributed by atoms with Crippen molar-refractivity contribution in [3.05, 3.63) is 22.4 Å². The smallest absolute Gasteiger partial charge is 0.223 e. The molecule has 2 N–H and O–H groups in total. The highest BCUT2D eigenvalue weighted by Crippen LogP contribution is 2.33. The fraction of sp³-hybridized carbons (Fsp3) is 0.667. The minimum Gasteiger partial charge on any atom is -0.336 e. The first-order valence-electron chi connectivity index (χ1n) is 7.34. The summed E-state index contributed by atoms with van der Waals surface area (Å²) < 4.78 is 0. The van der Waals surface area contributed by atoms with Gasteiger partial charge in [-0.3, -0.25) is 4.79 Å². The number of hydrogen-bond donors (Lipinski definition) is 1. The van der Waals surface area contributed by atoms with Crippen LogP contribution in [0.1, 0.15) is 56.6 Å². The van der Waals surface area contributed by atoms with Gasteiger partial charge in [0.15, 0.2) is 0 Å². The van der Waals surface area contributed by atoms with Crippen molar-refractivity contribution in [2.24, 2.45) is 5.73 Å². The second-order valence-electron chi connectivity index (χ2n) is 5.25. The van der Waals surface area contributed by atoms with Gasteiger partial charge in [0.2, 0.25) is 5.91 Å². The summed E-state index contributed by atoms with van der Waals surface area (Å²) in [5.74, 6) is 0.335. The Hall–Kier alpha value is -0.870. The number of hydrogen-bond acceptors (Lipinski definition) is 3. The van der Waals surface area contributed by atoms with Crippen LogP contribution in [0.5, 0.6) is 0 Å². The molecule has 1 aromatic heterocycles. The first-order chi connectivity index (χ1) is 9.33. The molecule has 1 saturated heterocycles. The van der Waals surface area contributed by atoms with Crippen molar-refractivity contribution < 1.29 is 4.79 Å².